The summed E-state index contributed by atoms with van der Waals surface area (Å²) in [6.45, 7) is -0.840. The first kappa shape index (κ1) is 8.97. The number of alkyl halides is 2. The van der Waals surface area contributed by atoms with Gasteiger partial charge in [-0.3, -0.25) is 0 Å². The first-order valence-electron chi connectivity index (χ1n) is 3.57. The molecule has 3 atom stereocenters. The van der Waals surface area contributed by atoms with Crippen LogP contribution >= 0.6 is 0 Å². The van der Waals surface area contributed by atoms with Crippen molar-refractivity contribution < 1.29 is 37.3 Å². The topological polar surface area (TPSA) is 71.1 Å². The van der Waals surface area contributed by atoms with Gasteiger partial charge < -0.3 is 18.9 Å². The summed E-state index contributed by atoms with van der Waals surface area (Å²) < 4.78 is 42.5. The lowest BCUT2D eigenvalue weighted by atomic mass is 10.2. The molecule has 0 aromatic rings. The van der Waals surface area contributed by atoms with Crippen LogP contribution in [0.2, 0.25) is 0 Å². The fourth-order valence-electron chi connectivity index (χ4n) is 1.12. The van der Waals surface area contributed by atoms with Gasteiger partial charge in [-0.1, -0.05) is 0 Å². The van der Waals surface area contributed by atoms with E-state index in [0.717, 1.165) is 0 Å². The highest BCUT2D eigenvalue weighted by atomic mass is 19.2. The summed E-state index contributed by atoms with van der Waals surface area (Å²) >= 11 is 0. The van der Waals surface area contributed by atoms with Crippen molar-refractivity contribution in [1.82, 2.24) is 0 Å². The molecular formula is C6H4F2O6. The van der Waals surface area contributed by atoms with Crippen molar-refractivity contribution in [3.63, 3.8) is 0 Å². The van der Waals surface area contributed by atoms with Crippen molar-refractivity contribution in [2.75, 3.05) is 6.61 Å². The van der Waals surface area contributed by atoms with E-state index in [4.69, 9.17) is 0 Å². The summed E-state index contributed by atoms with van der Waals surface area (Å²) in [6.07, 6.45) is -6.91. The molecule has 78 valence electrons. The van der Waals surface area contributed by atoms with Crippen molar-refractivity contribution in [2.45, 2.75) is 18.3 Å². The second-order valence-corrected chi connectivity index (χ2v) is 2.68. The Hall–Kier alpha value is -1.60. The maximum absolute atomic E-state index is 13.5. The maximum Gasteiger partial charge on any atom is 0.511 e. The fourth-order valence-corrected chi connectivity index (χ4v) is 1.12. The Morgan fingerprint density at radius 3 is 2.43 bits per heavy atom. The quantitative estimate of drug-likeness (QED) is 0.591. The normalized spacial score (nSPS) is 41.3. The Kier molecular flexibility index (Phi) is 1.73. The lowest BCUT2D eigenvalue weighted by molar-refractivity contribution is -0.163. The average Bonchev–Trinajstić information content (AvgIpc) is 2.57. The first-order valence-corrected chi connectivity index (χ1v) is 3.57. The molecule has 2 saturated heterocycles. The van der Waals surface area contributed by atoms with Crippen molar-refractivity contribution in [2.24, 2.45) is 0 Å². The van der Waals surface area contributed by atoms with E-state index in [9.17, 15) is 18.4 Å². The van der Waals surface area contributed by atoms with E-state index < -0.39 is 37.2 Å². The Morgan fingerprint density at radius 1 is 1.29 bits per heavy atom. The first-order chi connectivity index (χ1) is 6.51. The fraction of sp³-hybridized carbons (Fsp3) is 0.667. The van der Waals surface area contributed by atoms with Crippen molar-refractivity contribution in [1.29, 1.82) is 0 Å². The zero-order valence-electron chi connectivity index (χ0n) is 6.57. The van der Waals surface area contributed by atoms with Crippen LogP contribution in [0.5, 0.6) is 0 Å². The van der Waals surface area contributed by atoms with Crippen LogP contribution in [0.15, 0.2) is 0 Å². The molecule has 0 spiro atoms. The van der Waals surface area contributed by atoms with Gasteiger partial charge in [0.1, 0.15) is 0 Å². The molecule has 0 amide bonds. The largest absolute Gasteiger partial charge is 0.511 e. The molecule has 6 nitrogen and oxygen atoms in total. The van der Waals surface area contributed by atoms with Gasteiger partial charge in [0.05, 0.1) is 0 Å². The van der Waals surface area contributed by atoms with Crippen LogP contribution in [0.4, 0.5) is 18.4 Å². The lowest BCUT2D eigenvalue weighted by Crippen LogP contribution is -2.45. The van der Waals surface area contributed by atoms with Crippen LogP contribution in [-0.4, -0.2) is 37.2 Å². The number of carbonyl (C=O) groups is 2. The summed E-state index contributed by atoms with van der Waals surface area (Å²) in [5, 5.41) is 0. The molecule has 0 aromatic carbocycles. The molecule has 0 bridgehead atoms. The van der Waals surface area contributed by atoms with Gasteiger partial charge in [0.15, 0.2) is 6.61 Å². The molecule has 0 aliphatic carbocycles. The summed E-state index contributed by atoms with van der Waals surface area (Å²) in [5.74, 6) is -2.82. The monoisotopic (exact) mass is 210 g/mol. The number of rotatable bonds is 1. The van der Waals surface area contributed by atoms with E-state index in [1.807, 2.05) is 0 Å². The predicted octanol–water partition coefficient (Wildman–Crippen LogP) is 0.650. The molecule has 14 heavy (non-hydrogen) atoms. The molecule has 3 unspecified atom stereocenters. The van der Waals surface area contributed by atoms with Crippen LogP contribution in [0.1, 0.15) is 0 Å². The van der Waals surface area contributed by atoms with Crippen molar-refractivity contribution in [3.8, 4) is 0 Å². The van der Waals surface area contributed by atoms with Crippen molar-refractivity contribution >= 4 is 12.3 Å². The molecule has 0 saturated carbocycles. The van der Waals surface area contributed by atoms with E-state index >= 15 is 0 Å². The number of carbonyl (C=O) groups excluding carboxylic acids is 2. The smallest absolute Gasteiger partial charge is 0.427 e. The highest BCUT2D eigenvalue weighted by molar-refractivity contribution is 5.64. The van der Waals surface area contributed by atoms with Gasteiger partial charge in [-0.2, -0.15) is 8.78 Å². The number of cyclic esters (lactones) is 4. The number of hydrogen-bond donors (Lipinski definition) is 0. The van der Waals surface area contributed by atoms with Gasteiger partial charge in [0.2, 0.25) is 6.10 Å². The molecule has 2 heterocycles. The van der Waals surface area contributed by atoms with Gasteiger partial charge in [0.25, 0.3) is 6.36 Å². The minimum atomic E-state index is -2.82. The van der Waals surface area contributed by atoms with Crippen LogP contribution in [0.25, 0.3) is 0 Å². The minimum Gasteiger partial charge on any atom is -0.427 e. The number of ether oxygens (including phenoxy) is 4. The third-order valence-electron chi connectivity index (χ3n) is 1.73. The molecule has 2 aliphatic heterocycles. The third-order valence-corrected chi connectivity index (χ3v) is 1.73. The van der Waals surface area contributed by atoms with Crippen LogP contribution < -0.4 is 0 Å². The van der Waals surface area contributed by atoms with Crippen LogP contribution in [0.3, 0.4) is 0 Å². The second-order valence-electron chi connectivity index (χ2n) is 2.68. The van der Waals surface area contributed by atoms with E-state index in [1.54, 1.807) is 0 Å². The summed E-state index contributed by atoms with van der Waals surface area (Å²) in [7, 11) is 0. The molecule has 0 radical (unpaired) electrons. The Bertz CT molecular complexity index is 294. The van der Waals surface area contributed by atoms with E-state index in [2.05, 4.69) is 18.9 Å². The summed E-state index contributed by atoms with van der Waals surface area (Å²) in [4.78, 5) is 20.8. The molecule has 2 rings (SSSR count). The minimum absolute atomic E-state index is 0.840. The van der Waals surface area contributed by atoms with Gasteiger partial charge in [0, 0.05) is 0 Å². The van der Waals surface area contributed by atoms with E-state index in [0.29, 0.717) is 0 Å². The highest BCUT2D eigenvalue weighted by Gasteiger charge is 2.60. The Labute approximate surface area is 75.7 Å². The SMILES string of the molecule is O=C1OC(F)C(C2(F)COC(=O)O2)O1. The van der Waals surface area contributed by atoms with Gasteiger partial charge in [-0.05, 0) is 0 Å². The standard InChI is InChI=1S/C6H4F2O6/c7-3-2(12-5(10)13-3)6(8)1-11-4(9)14-6/h2-3H,1H2. The van der Waals surface area contributed by atoms with Gasteiger partial charge in [-0.15, -0.1) is 0 Å². The lowest BCUT2D eigenvalue weighted by Gasteiger charge is -2.19. The Balaban J connectivity index is 2.14. The molecule has 8 heteroatoms. The van der Waals surface area contributed by atoms with E-state index in [-0.39, 0.29) is 0 Å². The Morgan fingerprint density at radius 2 is 2.00 bits per heavy atom. The zero-order chi connectivity index (χ0) is 10.3. The van der Waals surface area contributed by atoms with Gasteiger partial charge in [-0.25, -0.2) is 9.59 Å². The van der Waals surface area contributed by atoms with Crippen LogP contribution in [0, 0.1) is 0 Å². The average molecular weight is 210 g/mol. The molecule has 2 aliphatic rings. The third kappa shape index (κ3) is 1.22. The van der Waals surface area contributed by atoms with Crippen molar-refractivity contribution in [3.05, 3.63) is 0 Å². The summed E-state index contributed by atoms with van der Waals surface area (Å²) in [5.41, 5.74) is 0. The summed E-state index contributed by atoms with van der Waals surface area (Å²) in [6, 6.07) is 0. The zero-order valence-corrected chi connectivity index (χ0v) is 6.57. The van der Waals surface area contributed by atoms with Crippen LogP contribution in [-0.2, 0) is 18.9 Å². The van der Waals surface area contributed by atoms with Gasteiger partial charge >= 0.3 is 18.2 Å². The molecule has 0 N–H and O–H groups in total. The number of hydrogen-bond acceptors (Lipinski definition) is 6. The number of halogens is 2. The molecule has 0 aromatic heterocycles. The molecular weight excluding hydrogens is 206 g/mol. The molecule has 2 fully saturated rings. The second kappa shape index (κ2) is 2.69. The van der Waals surface area contributed by atoms with E-state index in [1.165, 1.54) is 0 Å². The maximum atomic E-state index is 13.5. The predicted molar refractivity (Wildman–Crippen MR) is 32.5 cm³/mol. The highest BCUT2D eigenvalue weighted by Crippen LogP contribution is 2.34.